The van der Waals surface area contributed by atoms with Crippen LogP contribution in [0.1, 0.15) is 28.9 Å². The van der Waals surface area contributed by atoms with Crippen LogP contribution >= 0.6 is 15.9 Å². The molecule has 1 aliphatic rings. The smallest absolute Gasteiger partial charge is 0.343 e. The molecule has 0 fully saturated rings. The zero-order valence-corrected chi connectivity index (χ0v) is 13.4. The number of rotatable bonds is 1. The highest BCUT2D eigenvalue weighted by Gasteiger charge is 2.27. The lowest BCUT2D eigenvalue weighted by atomic mass is 10.1. The van der Waals surface area contributed by atoms with Crippen LogP contribution in [0.25, 0.3) is 10.9 Å². The van der Waals surface area contributed by atoms with Gasteiger partial charge in [0.25, 0.3) is 5.56 Å². The van der Waals surface area contributed by atoms with Crippen LogP contribution in [0.5, 0.6) is 5.75 Å². The van der Waals surface area contributed by atoms with Crippen molar-refractivity contribution in [3.05, 3.63) is 38.1 Å². The molecule has 2 heterocycles. The fraction of sp³-hybridized carbons (Fsp3) is 0.267. The van der Waals surface area contributed by atoms with Crippen molar-refractivity contribution in [2.45, 2.75) is 13.0 Å². The van der Waals surface area contributed by atoms with Crippen molar-refractivity contribution in [2.75, 3.05) is 13.7 Å². The molecular formula is C15H11BrN2O4. The molecule has 0 N–H and O–H groups in total. The van der Waals surface area contributed by atoms with Crippen molar-refractivity contribution in [2.24, 2.45) is 0 Å². The van der Waals surface area contributed by atoms with Crippen molar-refractivity contribution >= 4 is 32.8 Å². The summed E-state index contributed by atoms with van der Waals surface area (Å²) in [6, 6.07) is 4.89. The van der Waals surface area contributed by atoms with Gasteiger partial charge in [0.1, 0.15) is 18.2 Å². The molecule has 2 aromatic rings. The molecule has 0 amide bonds. The van der Waals surface area contributed by atoms with Gasteiger partial charge in [0.05, 0.1) is 28.7 Å². The summed E-state index contributed by atoms with van der Waals surface area (Å²) in [4.78, 5) is 24.4. The summed E-state index contributed by atoms with van der Waals surface area (Å²) in [5.41, 5.74) is 0.467. The number of carbonyl (C=O) groups is 1. The first-order valence-electron chi connectivity index (χ1n) is 6.52. The van der Waals surface area contributed by atoms with E-state index in [0.717, 1.165) is 0 Å². The fourth-order valence-corrected chi connectivity index (χ4v) is 3.13. The van der Waals surface area contributed by atoms with Crippen molar-refractivity contribution in [3.8, 4) is 11.8 Å². The maximum atomic E-state index is 12.6. The molecule has 1 aromatic heterocycles. The van der Waals surface area contributed by atoms with Crippen LogP contribution in [-0.4, -0.2) is 24.3 Å². The normalized spacial score (nSPS) is 16.0. The van der Waals surface area contributed by atoms with E-state index in [1.54, 1.807) is 6.07 Å². The maximum Gasteiger partial charge on any atom is 0.343 e. The highest BCUT2D eigenvalue weighted by atomic mass is 79.9. The highest BCUT2D eigenvalue weighted by Crippen LogP contribution is 2.39. The first-order chi connectivity index (χ1) is 10.5. The number of nitrogens with zero attached hydrogens (tertiary/aromatic N) is 2. The number of halogens is 1. The van der Waals surface area contributed by atoms with E-state index in [-0.39, 0.29) is 18.2 Å². The molecule has 1 aliphatic heterocycles. The summed E-state index contributed by atoms with van der Waals surface area (Å²) in [5.74, 6) is -0.252. The molecule has 0 aliphatic carbocycles. The van der Waals surface area contributed by atoms with Crippen LogP contribution in [0.3, 0.4) is 0 Å². The number of methoxy groups -OCH3 is 1. The van der Waals surface area contributed by atoms with Gasteiger partial charge in [0.15, 0.2) is 5.75 Å². The lowest BCUT2D eigenvalue weighted by Gasteiger charge is -2.27. The zero-order valence-electron chi connectivity index (χ0n) is 11.8. The Morgan fingerprint density at radius 3 is 2.91 bits per heavy atom. The van der Waals surface area contributed by atoms with Crippen molar-refractivity contribution in [1.82, 2.24) is 4.57 Å². The van der Waals surface area contributed by atoms with Gasteiger partial charge in [-0.2, -0.15) is 5.26 Å². The van der Waals surface area contributed by atoms with Crippen LogP contribution < -0.4 is 10.3 Å². The number of hydrogen-bond acceptors (Lipinski definition) is 5. The van der Waals surface area contributed by atoms with Crippen LogP contribution in [0, 0.1) is 11.3 Å². The van der Waals surface area contributed by atoms with E-state index in [9.17, 15) is 14.9 Å². The summed E-state index contributed by atoms with van der Waals surface area (Å²) in [6.45, 7) is 2.11. The van der Waals surface area contributed by atoms with E-state index in [2.05, 4.69) is 26.7 Å². The summed E-state index contributed by atoms with van der Waals surface area (Å²) in [7, 11) is 1.22. The monoisotopic (exact) mass is 362 g/mol. The largest absolute Gasteiger partial charge is 0.488 e. The van der Waals surface area contributed by atoms with Crippen LogP contribution in [0.2, 0.25) is 0 Å². The third-order valence-electron chi connectivity index (χ3n) is 3.65. The number of ether oxygens (including phenoxy) is 2. The van der Waals surface area contributed by atoms with Crippen LogP contribution in [-0.2, 0) is 4.74 Å². The number of benzene rings is 1. The molecule has 22 heavy (non-hydrogen) atoms. The Morgan fingerprint density at radius 2 is 2.27 bits per heavy atom. The molecule has 0 radical (unpaired) electrons. The van der Waals surface area contributed by atoms with E-state index in [0.29, 0.717) is 26.7 Å². The zero-order chi connectivity index (χ0) is 16.0. The molecule has 3 rings (SSSR count). The van der Waals surface area contributed by atoms with Crippen LogP contribution in [0.15, 0.2) is 21.4 Å². The van der Waals surface area contributed by atoms with Crippen molar-refractivity contribution in [3.63, 3.8) is 0 Å². The van der Waals surface area contributed by atoms with Crippen molar-refractivity contribution in [1.29, 1.82) is 5.26 Å². The van der Waals surface area contributed by atoms with E-state index in [1.807, 2.05) is 6.92 Å². The molecule has 0 saturated carbocycles. The molecule has 0 unspecified atom stereocenters. The highest BCUT2D eigenvalue weighted by molar-refractivity contribution is 9.10. The third kappa shape index (κ3) is 1.91. The Morgan fingerprint density at radius 1 is 1.55 bits per heavy atom. The van der Waals surface area contributed by atoms with E-state index in [4.69, 9.17) is 4.74 Å². The summed E-state index contributed by atoms with van der Waals surface area (Å²) in [5, 5.41) is 9.81. The lowest BCUT2D eigenvalue weighted by molar-refractivity contribution is 0.0597. The lowest BCUT2D eigenvalue weighted by Crippen LogP contribution is -2.34. The average molecular weight is 363 g/mol. The average Bonchev–Trinajstić information content (AvgIpc) is 2.52. The van der Waals surface area contributed by atoms with Gasteiger partial charge in [0, 0.05) is 5.39 Å². The summed E-state index contributed by atoms with van der Waals surface area (Å²) in [6.07, 6.45) is 0. The molecule has 0 spiro atoms. The Hall–Kier alpha value is -2.33. The minimum atomic E-state index is -0.697. The Balaban J connectivity index is 2.52. The third-order valence-corrected chi connectivity index (χ3v) is 4.44. The summed E-state index contributed by atoms with van der Waals surface area (Å²) >= 11 is 3.34. The van der Waals surface area contributed by atoms with Crippen molar-refractivity contribution < 1.29 is 14.3 Å². The number of esters is 1. The standard InChI is InChI=1S/C15H11BrN2O4/c1-7-6-22-13-11(16)9(5-17)3-8-4-10(15(20)21-2)14(19)18(7)12(8)13/h3-4,7H,6H2,1-2H3/t7-/m0/s1. The van der Waals surface area contributed by atoms with Gasteiger partial charge in [-0.1, -0.05) is 0 Å². The number of aromatic nitrogens is 1. The molecule has 7 heteroatoms. The minimum Gasteiger partial charge on any atom is -0.488 e. The first-order valence-corrected chi connectivity index (χ1v) is 7.31. The molecule has 112 valence electrons. The van der Waals surface area contributed by atoms with Crippen LogP contribution in [0.4, 0.5) is 0 Å². The van der Waals surface area contributed by atoms with Gasteiger partial charge in [-0.05, 0) is 35.0 Å². The Labute approximate surface area is 134 Å². The van der Waals surface area contributed by atoms with Gasteiger partial charge in [-0.3, -0.25) is 9.36 Å². The fourth-order valence-electron chi connectivity index (χ4n) is 2.62. The first kappa shape index (κ1) is 14.6. The molecule has 1 aromatic carbocycles. The second-order valence-corrected chi connectivity index (χ2v) is 5.79. The quantitative estimate of drug-likeness (QED) is 0.727. The predicted molar refractivity (Wildman–Crippen MR) is 82.2 cm³/mol. The Bertz CT molecular complexity index is 911. The van der Waals surface area contributed by atoms with Gasteiger partial charge in [0.2, 0.25) is 0 Å². The SMILES string of the molecule is COC(=O)c1cc2cc(C#N)c(Br)c3c2n(c1=O)[C@@H](C)CO3. The molecule has 0 bridgehead atoms. The number of carbonyl (C=O) groups excluding carboxylic acids is 1. The van der Waals surface area contributed by atoms with E-state index >= 15 is 0 Å². The molecule has 6 nitrogen and oxygen atoms in total. The molecule has 0 saturated heterocycles. The predicted octanol–water partition coefficient (Wildman–Crippen LogP) is 2.38. The topological polar surface area (TPSA) is 81.3 Å². The number of hydrogen-bond donors (Lipinski definition) is 0. The Kier molecular flexibility index (Phi) is 3.41. The van der Waals surface area contributed by atoms with E-state index in [1.165, 1.54) is 17.7 Å². The minimum absolute atomic E-state index is 0.0547. The second kappa shape index (κ2) is 5.14. The van der Waals surface area contributed by atoms with Gasteiger partial charge in [-0.25, -0.2) is 4.79 Å². The number of pyridine rings is 1. The molecule has 1 atom stereocenters. The second-order valence-electron chi connectivity index (χ2n) is 5.00. The van der Waals surface area contributed by atoms with Gasteiger partial charge < -0.3 is 9.47 Å². The summed E-state index contributed by atoms with van der Waals surface area (Å²) < 4.78 is 12.4. The van der Waals surface area contributed by atoms with E-state index < -0.39 is 11.5 Å². The molecular weight excluding hydrogens is 352 g/mol. The maximum absolute atomic E-state index is 12.6. The van der Waals surface area contributed by atoms with Gasteiger partial charge in [-0.15, -0.1) is 0 Å². The number of nitriles is 1. The van der Waals surface area contributed by atoms with Gasteiger partial charge >= 0.3 is 5.97 Å².